The van der Waals surface area contributed by atoms with E-state index in [4.69, 9.17) is 9.47 Å². The smallest absolute Gasteiger partial charge is 0.224 e. The van der Waals surface area contributed by atoms with Gasteiger partial charge in [0.1, 0.15) is 11.6 Å². The van der Waals surface area contributed by atoms with Crippen molar-refractivity contribution in [2.24, 2.45) is 0 Å². The second-order valence-electron chi connectivity index (χ2n) is 6.79. The van der Waals surface area contributed by atoms with Crippen molar-refractivity contribution in [1.29, 1.82) is 0 Å². The van der Waals surface area contributed by atoms with Gasteiger partial charge in [-0.3, -0.25) is 9.78 Å². The molecule has 6 heteroatoms. The third-order valence-corrected chi connectivity index (χ3v) is 4.71. The molecular formula is C21H25N3O3. The van der Waals surface area contributed by atoms with Gasteiger partial charge in [-0.25, -0.2) is 4.98 Å². The fraction of sp³-hybridized carbons (Fsp3) is 0.429. The number of pyridine rings is 1. The number of hydrogen-bond donors (Lipinski definition) is 0. The lowest BCUT2D eigenvalue weighted by molar-refractivity contribution is -0.114. The third-order valence-electron chi connectivity index (χ3n) is 4.71. The third kappa shape index (κ3) is 4.90. The second-order valence-corrected chi connectivity index (χ2v) is 6.79. The molecule has 0 spiro atoms. The Kier molecular flexibility index (Phi) is 6.16. The molecule has 0 aromatic carbocycles. The van der Waals surface area contributed by atoms with Crippen LogP contribution in [0, 0.1) is 6.92 Å². The van der Waals surface area contributed by atoms with Crippen molar-refractivity contribution in [2.45, 2.75) is 45.4 Å². The summed E-state index contributed by atoms with van der Waals surface area (Å²) in [7, 11) is 1.63. The van der Waals surface area contributed by atoms with Crippen LogP contribution in [0.1, 0.15) is 55.6 Å². The zero-order chi connectivity index (χ0) is 19.2. The summed E-state index contributed by atoms with van der Waals surface area (Å²) < 4.78 is 11.1. The Morgan fingerprint density at radius 3 is 2.74 bits per heavy atom. The molecule has 0 radical (unpaired) electrons. The Morgan fingerprint density at radius 1 is 1.19 bits per heavy atom. The molecule has 142 valence electrons. The lowest BCUT2D eigenvalue weighted by atomic mass is 9.94. The molecule has 1 aliphatic carbocycles. The first-order valence-corrected chi connectivity index (χ1v) is 9.27. The molecule has 0 saturated carbocycles. The van der Waals surface area contributed by atoms with Gasteiger partial charge in [0.2, 0.25) is 5.88 Å². The van der Waals surface area contributed by atoms with Crippen LogP contribution in [-0.4, -0.2) is 34.5 Å². The minimum Gasteiger partial charge on any atom is -0.495 e. The highest BCUT2D eigenvalue weighted by molar-refractivity contribution is 5.98. The van der Waals surface area contributed by atoms with Gasteiger partial charge in [0.25, 0.3) is 0 Å². The fourth-order valence-corrected chi connectivity index (χ4v) is 3.07. The molecule has 3 rings (SSSR count). The first-order chi connectivity index (χ1) is 13.1. The van der Waals surface area contributed by atoms with Crippen LogP contribution in [-0.2, 0) is 4.79 Å². The Morgan fingerprint density at radius 2 is 2.04 bits per heavy atom. The summed E-state index contributed by atoms with van der Waals surface area (Å²) in [6.45, 7) is 4.47. The number of ketones is 1. The molecule has 1 atom stereocenters. The largest absolute Gasteiger partial charge is 0.495 e. The molecule has 1 aliphatic rings. The molecule has 0 aliphatic heterocycles. The monoisotopic (exact) mass is 367 g/mol. The average molecular weight is 367 g/mol. The highest BCUT2D eigenvalue weighted by Gasteiger charge is 2.17. The lowest BCUT2D eigenvalue weighted by Crippen LogP contribution is -2.09. The standard InChI is InChI=1S/C21H25N3O3/c1-14(20-8-7-18(26-3)12-23-20)9-10-27-21-19(13-22-15(2)24-21)16-5-4-6-17(25)11-16/h7-8,11-14H,4-6,9-10H2,1-3H3. The van der Waals surface area contributed by atoms with Gasteiger partial charge < -0.3 is 9.47 Å². The normalized spacial score (nSPS) is 15.2. The summed E-state index contributed by atoms with van der Waals surface area (Å²) in [5.74, 6) is 2.36. The molecule has 0 bridgehead atoms. The summed E-state index contributed by atoms with van der Waals surface area (Å²) in [6, 6.07) is 3.89. The minimum absolute atomic E-state index is 0.155. The fourth-order valence-electron chi connectivity index (χ4n) is 3.07. The van der Waals surface area contributed by atoms with Crippen LogP contribution in [0.15, 0.2) is 30.6 Å². The van der Waals surface area contributed by atoms with Gasteiger partial charge in [0, 0.05) is 24.2 Å². The molecule has 0 N–H and O–H groups in total. The van der Waals surface area contributed by atoms with Gasteiger partial charge in [-0.1, -0.05) is 6.92 Å². The quantitative estimate of drug-likeness (QED) is 0.739. The van der Waals surface area contributed by atoms with Crippen LogP contribution in [0.25, 0.3) is 5.57 Å². The molecule has 0 saturated heterocycles. The summed E-state index contributed by atoms with van der Waals surface area (Å²) in [5, 5.41) is 0. The molecule has 2 aromatic rings. The SMILES string of the molecule is COc1ccc(C(C)CCOc2nc(C)ncc2C2=CC(=O)CCC2)nc1. The number of methoxy groups -OCH3 is 1. The Hall–Kier alpha value is -2.76. The highest BCUT2D eigenvalue weighted by Crippen LogP contribution is 2.31. The zero-order valence-electron chi connectivity index (χ0n) is 16.1. The summed E-state index contributed by atoms with van der Waals surface area (Å²) in [5.41, 5.74) is 2.79. The summed E-state index contributed by atoms with van der Waals surface area (Å²) in [6.07, 6.45) is 8.31. The van der Waals surface area contributed by atoms with E-state index >= 15 is 0 Å². The number of ether oxygens (including phenoxy) is 2. The maximum absolute atomic E-state index is 11.8. The number of carbonyl (C=O) groups excluding carboxylic acids is 1. The van der Waals surface area contributed by atoms with Crippen molar-refractivity contribution in [3.05, 3.63) is 47.7 Å². The zero-order valence-corrected chi connectivity index (χ0v) is 16.1. The molecule has 0 amide bonds. The van der Waals surface area contributed by atoms with E-state index in [9.17, 15) is 4.79 Å². The molecule has 2 aromatic heterocycles. The number of allylic oxidation sites excluding steroid dienone is 2. The number of nitrogens with zero attached hydrogens (tertiary/aromatic N) is 3. The minimum atomic E-state index is 0.155. The maximum Gasteiger partial charge on any atom is 0.224 e. The average Bonchev–Trinajstić information content (AvgIpc) is 2.68. The van der Waals surface area contributed by atoms with Crippen molar-refractivity contribution in [1.82, 2.24) is 15.0 Å². The van der Waals surface area contributed by atoms with E-state index in [0.717, 1.165) is 41.8 Å². The van der Waals surface area contributed by atoms with Crippen molar-refractivity contribution in [2.75, 3.05) is 13.7 Å². The molecular weight excluding hydrogens is 342 g/mol. The van der Waals surface area contributed by atoms with Gasteiger partial charge in [0.05, 0.1) is 25.5 Å². The van der Waals surface area contributed by atoms with Crippen LogP contribution < -0.4 is 9.47 Å². The van der Waals surface area contributed by atoms with E-state index in [1.807, 2.05) is 19.1 Å². The Bertz CT molecular complexity index is 831. The van der Waals surface area contributed by atoms with E-state index < -0.39 is 0 Å². The van der Waals surface area contributed by atoms with Crippen molar-refractivity contribution >= 4 is 11.4 Å². The van der Waals surface area contributed by atoms with E-state index in [1.165, 1.54) is 0 Å². The molecule has 0 fully saturated rings. The predicted octanol–water partition coefficient (Wildman–Crippen LogP) is 3.90. The van der Waals surface area contributed by atoms with Crippen molar-refractivity contribution < 1.29 is 14.3 Å². The van der Waals surface area contributed by atoms with Gasteiger partial charge >= 0.3 is 0 Å². The van der Waals surface area contributed by atoms with Crippen LogP contribution >= 0.6 is 0 Å². The van der Waals surface area contributed by atoms with Crippen molar-refractivity contribution in [3.63, 3.8) is 0 Å². The van der Waals surface area contributed by atoms with Gasteiger partial charge in [0.15, 0.2) is 5.78 Å². The van der Waals surface area contributed by atoms with Crippen molar-refractivity contribution in [3.8, 4) is 11.6 Å². The number of aromatic nitrogens is 3. The van der Waals surface area contributed by atoms with Crippen LogP contribution in [0.2, 0.25) is 0 Å². The van der Waals surface area contributed by atoms with Crippen LogP contribution in [0.4, 0.5) is 0 Å². The summed E-state index contributed by atoms with van der Waals surface area (Å²) in [4.78, 5) is 24.9. The number of rotatable bonds is 7. The van der Waals surface area contributed by atoms with Gasteiger partial charge in [-0.2, -0.15) is 4.98 Å². The first kappa shape index (κ1) is 19.0. The molecule has 1 unspecified atom stereocenters. The number of carbonyl (C=O) groups is 1. The topological polar surface area (TPSA) is 74.2 Å². The van der Waals surface area contributed by atoms with E-state index in [0.29, 0.717) is 24.7 Å². The van der Waals surface area contributed by atoms with Crippen LogP contribution in [0.5, 0.6) is 11.6 Å². The number of hydrogen-bond acceptors (Lipinski definition) is 6. The number of aryl methyl sites for hydroxylation is 1. The van der Waals surface area contributed by atoms with E-state index in [2.05, 4.69) is 21.9 Å². The molecule has 6 nitrogen and oxygen atoms in total. The van der Waals surface area contributed by atoms with E-state index in [-0.39, 0.29) is 11.7 Å². The first-order valence-electron chi connectivity index (χ1n) is 9.27. The lowest BCUT2D eigenvalue weighted by Gasteiger charge is -2.17. The van der Waals surface area contributed by atoms with Gasteiger partial charge in [-0.05, 0) is 50.0 Å². The van der Waals surface area contributed by atoms with Crippen LogP contribution in [0.3, 0.4) is 0 Å². The Labute approximate surface area is 159 Å². The Balaban J connectivity index is 1.66. The van der Waals surface area contributed by atoms with E-state index in [1.54, 1.807) is 25.6 Å². The molecule has 27 heavy (non-hydrogen) atoms. The summed E-state index contributed by atoms with van der Waals surface area (Å²) >= 11 is 0. The van der Waals surface area contributed by atoms with Gasteiger partial charge in [-0.15, -0.1) is 0 Å². The second kappa shape index (κ2) is 8.75. The highest BCUT2D eigenvalue weighted by atomic mass is 16.5. The predicted molar refractivity (Wildman–Crippen MR) is 103 cm³/mol. The molecule has 2 heterocycles. The maximum atomic E-state index is 11.8.